The van der Waals surface area contributed by atoms with Crippen LogP contribution in [0.4, 0.5) is 11.6 Å². The quantitative estimate of drug-likeness (QED) is 0.588. The Morgan fingerprint density at radius 2 is 2.10 bits per heavy atom. The average Bonchev–Trinajstić information content (AvgIpc) is 3.03. The zero-order valence-corrected chi connectivity index (χ0v) is 14.2. The van der Waals surface area contributed by atoms with Crippen molar-refractivity contribution >= 4 is 23.4 Å². The van der Waals surface area contributed by atoms with Crippen molar-refractivity contribution in [3.8, 4) is 0 Å². The van der Waals surface area contributed by atoms with Crippen LogP contribution in [0.1, 0.15) is 26.2 Å². The third-order valence-electron chi connectivity index (χ3n) is 3.77. The Bertz CT molecular complexity index is 434. The number of thioether (sulfide) groups is 1. The van der Waals surface area contributed by atoms with Crippen LogP contribution in [0.2, 0.25) is 0 Å². The summed E-state index contributed by atoms with van der Waals surface area (Å²) in [5.74, 6) is 1.94. The van der Waals surface area contributed by atoms with Crippen LogP contribution in [-0.2, 0) is 0 Å². The molecule has 0 radical (unpaired) electrons. The van der Waals surface area contributed by atoms with Crippen LogP contribution < -0.4 is 10.2 Å². The van der Waals surface area contributed by atoms with Crippen molar-refractivity contribution in [3.05, 3.63) is 6.07 Å². The molecule has 1 aliphatic heterocycles. The molecule has 2 rings (SSSR count). The molecule has 0 bridgehead atoms. The zero-order chi connectivity index (χ0) is 15.1. The van der Waals surface area contributed by atoms with Crippen molar-refractivity contribution in [1.82, 2.24) is 14.9 Å². The van der Waals surface area contributed by atoms with Crippen molar-refractivity contribution in [3.63, 3.8) is 0 Å². The Balaban J connectivity index is 1.98. The van der Waals surface area contributed by atoms with Crippen molar-refractivity contribution in [2.75, 3.05) is 56.2 Å². The molecule has 21 heavy (non-hydrogen) atoms. The van der Waals surface area contributed by atoms with Gasteiger partial charge in [0.15, 0.2) is 5.16 Å². The predicted octanol–water partition coefficient (Wildman–Crippen LogP) is 2.55. The Hall–Kier alpha value is -1.01. The van der Waals surface area contributed by atoms with Gasteiger partial charge in [0, 0.05) is 32.7 Å². The normalized spacial score (nSPS) is 15.4. The lowest BCUT2D eigenvalue weighted by Crippen LogP contribution is -2.32. The monoisotopic (exact) mass is 309 g/mol. The lowest BCUT2D eigenvalue weighted by molar-refractivity contribution is 0.346. The molecule has 1 aromatic heterocycles. The maximum atomic E-state index is 4.62. The molecule has 1 N–H and O–H groups in total. The third-order valence-corrected chi connectivity index (χ3v) is 4.32. The number of hydrogen-bond acceptors (Lipinski definition) is 6. The Morgan fingerprint density at radius 1 is 1.33 bits per heavy atom. The van der Waals surface area contributed by atoms with E-state index in [2.05, 4.69) is 45.1 Å². The molecule has 0 saturated carbocycles. The standard InChI is InChI=1S/C15H27N5S/c1-4-7-16-13-12-14(18-15(17-13)21-3)19(2)10-11-20-8-5-6-9-20/h12H,4-11H2,1-3H3,(H,16,17,18). The van der Waals surface area contributed by atoms with Gasteiger partial charge in [0.05, 0.1) is 0 Å². The summed E-state index contributed by atoms with van der Waals surface area (Å²) in [4.78, 5) is 13.9. The fourth-order valence-corrected chi connectivity index (χ4v) is 2.83. The van der Waals surface area contributed by atoms with Crippen molar-refractivity contribution in [2.24, 2.45) is 0 Å². The molecule has 0 spiro atoms. The SMILES string of the molecule is CCCNc1cc(N(C)CCN2CCCC2)nc(SC)n1. The second kappa shape index (κ2) is 8.44. The molecule has 1 saturated heterocycles. The maximum absolute atomic E-state index is 4.62. The zero-order valence-electron chi connectivity index (χ0n) is 13.4. The second-order valence-electron chi connectivity index (χ2n) is 5.50. The van der Waals surface area contributed by atoms with Crippen LogP contribution in [-0.4, -0.2) is 60.9 Å². The molecule has 0 atom stereocenters. The van der Waals surface area contributed by atoms with Gasteiger partial charge in [-0.15, -0.1) is 0 Å². The first-order valence-corrected chi connectivity index (χ1v) is 9.06. The minimum atomic E-state index is 0.833. The van der Waals surface area contributed by atoms with Gasteiger partial charge < -0.3 is 15.1 Å². The van der Waals surface area contributed by atoms with E-state index in [0.29, 0.717) is 0 Å². The van der Waals surface area contributed by atoms with E-state index in [-0.39, 0.29) is 0 Å². The highest BCUT2D eigenvalue weighted by Gasteiger charge is 2.13. The molecule has 1 aliphatic rings. The molecule has 2 heterocycles. The van der Waals surface area contributed by atoms with E-state index < -0.39 is 0 Å². The van der Waals surface area contributed by atoms with E-state index in [4.69, 9.17) is 0 Å². The minimum absolute atomic E-state index is 0.833. The summed E-state index contributed by atoms with van der Waals surface area (Å²) in [6.45, 7) is 7.73. The summed E-state index contributed by atoms with van der Waals surface area (Å²) in [6.07, 6.45) is 5.81. The van der Waals surface area contributed by atoms with Gasteiger partial charge in [-0.05, 0) is 38.6 Å². The molecule has 1 fully saturated rings. The number of rotatable bonds is 8. The number of likely N-dealkylation sites (N-methyl/N-ethyl adjacent to an activating group) is 1. The van der Waals surface area contributed by atoms with E-state index in [1.807, 2.05) is 6.26 Å². The third kappa shape index (κ3) is 5.04. The van der Waals surface area contributed by atoms with Crippen molar-refractivity contribution in [1.29, 1.82) is 0 Å². The molecule has 1 aromatic rings. The van der Waals surface area contributed by atoms with E-state index in [9.17, 15) is 0 Å². The number of nitrogens with one attached hydrogen (secondary N) is 1. The van der Waals surface area contributed by atoms with Gasteiger partial charge in [-0.25, -0.2) is 9.97 Å². The molecular weight excluding hydrogens is 282 g/mol. The Morgan fingerprint density at radius 3 is 2.76 bits per heavy atom. The van der Waals surface area contributed by atoms with Crippen LogP contribution in [0.15, 0.2) is 11.2 Å². The number of nitrogens with zero attached hydrogens (tertiary/aromatic N) is 4. The van der Waals surface area contributed by atoms with Crippen LogP contribution in [0.25, 0.3) is 0 Å². The fourth-order valence-electron chi connectivity index (χ4n) is 2.46. The van der Waals surface area contributed by atoms with Crippen LogP contribution >= 0.6 is 11.8 Å². The number of hydrogen-bond donors (Lipinski definition) is 1. The number of aromatic nitrogens is 2. The van der Waals surface area contributed by atoms with E-state index in [1.54, 1.807) is 11.8 Å². The summed E-state index contributed by atoms with van der Waals surface area (Å²) < 4.78 is 0. The molecule has 0 amide bonds. The first-order valence-electron chi connectivity index (χ1n) is 7.83. The summed E-state index contributed by atoms with van der Waals surface area (Å²) >= 11 is 1.59. The molecule has 0 aliphatic carbocycles. The van der Waals surface area contributed by atoms with Gasteiger partial charge in [-0.3, -0.25) is 0 Å². The largest absolute Gasteiger partial charge is 0.370 e. The maximum Gasteiger partial charge on any atom is 0.191 e. The van der Waals surface area contributed by atoms with E-state index in [1.165, 1.54) is 25.9 Å². The van der Waals surface area contributed by atoms with Crippen molar-refractivity contribution < 1.29 is 0 Å². The van der Waals surface area contributed by atoms with Gasteiger partial charge in [0.2, 0.25) is 0 Å². The lowest BCUT2D eigenvalue weighted by Gasteiger charge is -2.23. The van der Waals surface area contributed by atoms with Gasteiger partial charge >= 0.3 is 0 Å². The molecular formula is C15H27N5S. The van der Waals surface area contributed by atoms with Crippen LogP contribution in [0.3, 0.4) is 0 Å². The second-order valence-corrected chi connectivity index (χ2v) is 6.27. The van der Waals surface area contributed by atoms with Crippen molar-refractivity contribution in [2.45, 2.75) is 31.3 Å². The Kier molecular flexibility index (Phi) is 6.57. The molecule has 0 aromatic carbocycles. The van der Waals surface area contributed by atoms with Crippen LogP contribution in [0.5, 0.6) is 0 Å². The summed E-state index contributed by atoms with van der Waals surface area (Å²) in [5.41, 5.74) is 0. The number of anilines is 2. The fraction of sp³-hybridized carbons (Fsp3) is 0.733. The van der Waals surface area contributed by atoms with Gasteiger partial charge in [0.1, 0.15) is 11.6 Å². The van der Waals surface area contributed by atoms with E-state index >= 15 is 0 Å². The Labute approximate surface area is 132 Å². The summed E-state index contributed by atoms with van der Waals surface area (Å²) in [7, 11) is 2.12. The smallest absolute Gasteiger partial charge is 0.191 e. The van der Waals surface area contributed by atoms with Gasteiger partial charge in [-0.1, -0.05) is 18.7 Å². The lowest BCUT2D eigenvalue weighted by atomic mass is 10.4. The molecule has 5 nitrogen and oxygen atoms in total. The molecule has 118 valence electrons. The van der Waals surface area contributed by atoms with Gasteiger partial charge in [0.25, 0.3) is 0 Å². The minimum Gasteiger partial charge on any atom is -0.370 e. The van der Waals surface area contributed by atoms with E-state index in [0.717, 1.165) is 42.8 Å². The molecule has 0 unspecified atom stereocenters. The predicted molar refractivity (Wildman–Crippen MR) is 91.5 cm³/mol. The van der Waals surface area contributed by atoms with Gasteiger partial charge in [-0.2, -0.15) is 0 Å². The number of likely N-dealkylation sites (tertiary alicyclic amines) is 1. The highest BCUT2D eigenvalue weighted by Crippen LogP contribution is 2.20. The summed E-state index contributed by atoms with van der Waals surface area (Å²) in [6, 6.07) is 2.05. The summed E-state index contributed by atoms with van der Waals surface area (Å²) in [5, 5.41) is 4.19. The van der Waals surface area contributed by atoms with Crippen LogP contribution in [0, 0.1) is 0 Å². The molecule has 6 heteroatoms. The average molecular weight is 309 g/mol. The first kappa shape index (κ1) is 16.4. The highest BCUT2D eigenvalue weighted by atomic mass is 32.2. The first-order chi connectivity index (χ1) is 10.2. The topological polar surface area (TPSA) is 44.3 Å². The highest BCUT2D eigenvalue weighted by molar-refractivity contribution is 7.98.